The second-order valence-electron chi connectivity index (χ2n) is 4.38. The van der Waals surface area contributed by atoms with Gasteiger partial charge in [-0.25, -0.2) is 0 Å². The quantitative estimate of drug-likeness (QED) is 0.702. The summed E-state index contributed by atoms with van der Waals surface area (Å²) in [6, 6.07) is 6.09. The summed E-state index contributed by atoms with van der Waals surface area (Å²) in [7, 11) is 0. The second-order valence-corrected chi connectivity index (χ2v) is 4.78. The van der Waals surface area contributed by atoms with Gasteiger partial charge in [0.1, 0.15) is 6.29 Å². The first-order valence-electron chi connectivity index (χ1n) is 5.44. The number of aldehydes is 1. The molecule has 2 rings (SSSR count). The van der Waals surface area contributed by atoms with Crippen LogP contribution in [0.4, 0.5) is 0 Å². The van der Waals surface area contributed by atoms with Gasteiger partial charge in [0.25, 0.3) is 0 Å². The molecule has 80 valence electrons. The van der Waals surface area contributed by atoms with Crippen molar-refractivity contribution in [1.29, 1.82) is 0 Å². The average Bonchev–Trinajstić information content (AvgIpc) is 2.28. The molecule has 0 heterocycles. The van der Waals surface area contributed by atoms with Gasteiger partial charge >= 0.3 is 0 Å². The van der Waals surface area contributed by atoms with Crippen LogP contribution in [0.3, 0.4) is 0 Å². The first-order valence-corrected chi connectivity index (χ1v) is 5.81. The van der Waals surface area contributed by atoms with E-state index >= 15 is 0 Å². The van der Waals surface area contributed by atoms with E-state index in [1.54, 1.807) is 0 Å². The Balaban J connectivity index is 2.25. The number of benzene rings is 1. The number of hydrogen-bond acceptors (Lipinski definition) is 1. The Labute approximate surface area is 95.4 Å². The fourth-order valence-electron chi connectivity index (χ4n) is 2.33. The van der Waals surface area contributed by atoms with Crippen LogP contribution >= 0.6 is 11.6 Å². The standard InChI is InChI=1S/C13H15ClO/c1-9(8-15)11-6-5-10-3-2-4-13(14)12(10)7-11/h2-4,8-9,11H,5-7H2,1H3. The second kappa shape index (κ2) is 4.36. The Morgan fingerprint density at radius 3 is 3.07 bits per heavy atom. The van der Waals surface area contributed by atoms with E-state index in [9.17, 15) is 4.79 Å². The van der Waals surface area contributed by atoms with Crippen LogP contribution in [0.1, 0.15) is 24.5 Å². The van der Waals surface area contributed by atoms with Crippen molar-refractivity contribution >= 4 is 17.9 Å². The molecule has 0 amide bonds. The van der Waals surface area contributed by atoms with Crippen LogP contribution in [0.25, 0.3) is 0 Å². The fourth-order valence-corrected chi connectivity index (χ4v) is 2.60. The maximum Gasteiger partial charge on any atom is 0.123 e. The van der Waals surface area contributed by atoms with Gasteiger partial charge in [0.2, 0.25) is 0 Å². The van der Waals surface area contributed by atoms with Crippen molar-refractivity contribution in [3.8, 4) is 0 Å². The minimum absolute atomic E-state index is 0.148. The van der Waals surface area contributed by atoms with Gasteiger partial charge in [-0.05, 0) is 42.4 Å². The zero-order chi connectivity index (χ0) is 10.8. The predicted octanol–water partition coefficient (Wildman–Crippen LogP) is 3.28. The van der Waals surface area contributed by atoms with Crippen molar-refractivity contribution < 1.29 is 4.79 Å². The molecule has 1 aromatic rings. The summed E-state index contributed by atoms with van der Waals surface area (Å²) in [5, 5.41) is 0.857. The van der Waals surface area contributed by atoms with Crippen molar-refractivity contribution in [2.75, 3.05) is 0 Å². The highest BCUT2D eigenvalue weighted by molar-refractivity contribution is 6.31. The van der Waals surface area contributed by atoms with E-state index in [1.165, 1.54) is 11.1 Å². The van der Waals surface area contributed by atoms with Crippen molar-refractivity contribution in [2.24, 2.45) is 11.8 Å². The topological polar surface area (TPSA) is 17.1 Å². The average molecular weight is 223 g/mol. The van der Waals surface area contributed by atoms with Gasteiger partial charge in [-0.3, -0.25) is 0 Å². The van der Waals surface area contributed by atoms with Crippen molar-refractivity contribution in [3.63, 3.8) is 0 Å². The van der Waals surface area contributed by atoms with Crippen LogP contribution in [0.2, 0.25) is 5.02 Å². The van der Waals surface area contributed by atoms with Crippen molar-refractivity contribution in [3.05, 3.63) is 34.3 Å². The Morgan fingerprint density at radius 2 is 2.33 bits per heavy atom. The minimum Gasteiger partial charge on any atom is -0.303 e. The molecule has 0 aliphatic heterocycles. The molecule has 15 heavy (non-hydrogen) atoms. The zero-order valence-electron chi connectivity index (χ0n) is 8.87. The summed E-state index contributed by atoms with van der Waals surface area (Å²) in [5.41, 5.74) is 2.61. The van der Waals surface area contributed by atoms with Gasteiger partial charge in [0.05, 0.1) is 0 Å². The van der Waals surface area contributed by atoms with Crippen LogP contribution in [-0.4, -0.2) is 6.29 Å². The van der Waals surface area contributed by atoms with Crippen LogP contribution in [0, 0.1) is 11.8 Å². The third kappa shape index (κ3) is 2.07. The summed E-state index contributed by atoms with van der Waals surface area (Å²) < 4.78 is 0. The molecule has 0 fully saturated rings. The summed E-state index contributed by atoms with van der Waals surface area (Å²) in [4.78, 5) is 10.8. The molecule has 0 saturated carbocycles. The maximum atomic E-state index is 10.8. The molecule has 1 aliphatic rings. The van der Waals surface area contributed by atoms with E-state index in [1.807, 2.05) is 19.1 Å². The van der Waals surface area contributed by atoms with Crippen LogP contribution in [0.5, 0.6) is 0 Å². The fraction of sp³-hybridized carbons (Fsp3) is 0.462. The molecule has 2 unspecified atom stereocenters. The minimum atomic E-state index is 0.148. The van der Waals surface area contributed by atoms with Gasteiger partial charge in [-0.2, -0.15) is 0 Å². The monoisotopic (exact) mass is 222 g/mol. The molecule has 0 bridgehead atoms. The van der Waals surface area contributed by atoms with Gasteiger partial charge in [0, 0.05) is 10.9 Å². The number of carbonyl (C=O) groups is 1. The van der Waals surface area contributed by atoms with Crippen LogP contribution in [0.15, 0.2) is 18.2 Å². The lowest BCUT2D eigenvalue weighted by atomic mass is 9.78. The molecule has 0 radical (unpaired) electrons. The van der Waals surface area contributed by atoms with Gasteiger partial charge in [-0.1, -0.05) is 30.7 Å². The molecule has 2 heteroatoms. The molecule has 2 atom stereocenters. The number of fused-ring (bicyclic) bond motifs is 1. The highest BCUT2D eigenvalue weighted by atomic mass is 35.5. The van der Waals surface area contributed by atoms with E-state index in [2.05, 4.69) is 6.07 Å². The first-order chi connectivity index (χ1) is 7.22. The molecule has 1 nitrogen and oxygen atoms in total. The normalized spacial score (nSPS) is 21.9. The maximum absolute atomic E-state index is 10.8. The molecular weight excluding hydrogens is 208 g/mol. The zero-order valence-corrected chi connectivity index (χ0v) is 9.63. The molecule has 0 N–H and O–H groups in total. The number of aryl methyl sites for hydroxylation is 1. The van der Waals surface area contributed by atoms with E-state index in [-0.39, 0.29) is 5.92 Å². The summed E-state index contributed by atoms with van der Waals surface area (Å²) in [6.45, 7) is 2.00. The van der Waals surface area contributed by atoms with Crippen LogP contribution in [-0.2, 0) is 17.6 Å². The van der Waals surface area contributed by atoms with Crippen molar-refractivity contribution in [1.82, 2.24) is 0 Å². The van der Waals surface area contributed by atoms with Crippen molar-refractivity contribution in [2.45, 2.75) is 26.2 Å². The molecule has 0 spiro atoms. The highest BCUT2D eigenvalue weighted by Crippen LogP contribution is 2.33. The SMILES string of the molecule is CC(C=O)C1CCc2cccc(Cl)c2C1. The number of carbonyl (C=O) groups excluding carboxylic acids is 1. The Morgan fingerprint density at radius 1 is 1.53 bits per heavy atom. The lowest BCUT2D eigenvalue weighted by Gasteiger charge is -2.27. The molecular formula is C13H15ClO. The highest BCUT2D eigenvalue weighted by Gasteiger charge is 2.24. The molecule has 0 aromatic heterocycles. The molecule has 1 aromatic carbocycles. The van der Waals surface area contributed by atoms with E-state index in [0.717, 1.165) is 30.6 Å². The molecule has 1 aliphatic carbocycles. The third-order valence-electron chi connectivity index (χ3n) is 3.42. The van der Waals surface area contributed by atoms with E-state index < -0.39 is 0 Å². The predicted molar refractivity (Wildman–Crippen MR) is 62.2 cm³/mol. The first kappa shape index (κ1) is 10.7. The summed E-state index contributed by atoms with van der Waals surface area (Å²) >= 11 is 6.17. The number of hydrogen-bond donors (Lipinski definition) is 0. The van der Waals surface area contributed by atoms with E-state index in [4.69, 9.17) is 11.6 Å². The number of halogens is 1. The lowest BCUT2D eigenvalue weighted by Crippen LogP contribution is -2.21. The Kier molecular flexibility index (Phi) is 3.11. The Bertz CT molecular complexity index is 373. The lowest BCUT2D eigenvalue weighted by molar-refractivity contribution is -0.112. The van der Waals surface area contributed by atoms with E-state index in [0.29, 0.717) is 5.92 Å². The van der Waals surface area contributed by atoms with Gasteiger partial charge in [0.15, 0.2) is 0 Å². The van der Waals surface area contributed by atoms with Crippen LogP contribution < -0.4 is 0 Å². The smallest absolute Gasteiger partial charge is 0.123 e. The number of rotatable bonds is 2. The summed E-state index contributed by atoms with van der Waals surface area (Å²) in [6.07, 6.45) is 4.17. The Hall–Kier alpha value is -0.820. The largest absolute Gasteiger partial charge is 0.303 e. The van der Waals surface area contributed by atoms with Gasteiger partial charge in [-0.15, -0.1) is 0 Å². The molecule has 0 saturated heterocycles. The van der Waals surface area contributed by atoms with Gasteiger partial charge < -0.3 is 4.79 Å². The summed E-state index contributed by atoms with van der Waals surface area (Å²) in [5.74, 6) is 0.615. The third-order valence-corrected chi connectivity index (χ3v) is 3.78.